The van der Waals surface area contributed by atoms with E-state index in [1.165, 1.54) is 12.1 Å². The highest BCUT2D eigenvalue weighted by Crippen LogP contribution is 2.36. The molecule has 0 spiro atoms. The summed E-state index contributed by atoms with van der Waals surface area (Å²) in [6.07, 6.45) is 2.91. The summed E-state index contributed by atoms with van der Waals surface area (Å²) in [5.41, 5.74) is 3.44. The molecule has 0 amide bonds. The minimum atomic E-state index is -0.885. The Morgan fingerprint density at radius 2 is 2.05 bits per heavy atom. The Morgan fingerprint density at radius 1 is 1.21 bits per heavy atom. The average molecular weight is 541 g/mol. The van der Waals surface area contributed by atoms with Gasteiger partial charge in [0.05, 0.1) is 38.6 Å². The van der Waals surface area contributed by atoms with Gasteiger partial charge in [0.2, 0.25) is 5.96 Å². The number of imidazole rings is 1. The zero-order chi connectivity index (χ0) is 26.2. The third-order valence-electron chi connectivity index (χ3n) is 7.12. The van der Waals surface area contributed by atoms with Crippen molar-refractivity contribution in [1.29, 1.82) is 0 Å². The molecule has 2 saturated heterocycles. The normalized spacial score (nSPS) is 23.1. The molecule has 4 heterocycles. The first-order valence-corrected chi connectivity index (χ1v) is 12.8. The van der Waals surface area contributed by atoms with E-state index in [9.17, 15) is 8.78 Å². The Labute approximate surface area is 223 Å². The van der Waals surface area contributed by atoms with E-state index in [4.69, 9.17) is 26.1 Å². The Balaban J connectivity index is 1.33. The molecule has 38 heavy (non-hydrogen) atoms. The SMILES string of the molecule is COc1cc(NC2=NC3C(=C(N4CC[C@@H](F)C4)N2)COCC3c2ccc(F)cc2)ccc1-n1cnc(Cl)c1. The van der Waals surface area contributed by atoms with Crippen LogP contribution in [0.5, 0.6) is 5.75 Å². The average Bonchev–Trinajstić information content (AvgIpc) is 3.56. The van der Waals surface area contributed by atoms with E-state index in [0.717, 1.165) is 28.3 Å². The monoisotopic (exact) mass is 540 g/mol. The summed E-state index contributed by atoms with van der Waals surface area (Å²) >= 11 is 5.99. The first-order valence-electron chi connectivity index (χ1n) is 12.4. The van der Waals surface area contributed by atoms with Crippen molar-refractivity contribution in [2.45, 2.75) is 24.6 Å². The lowest BCUT2D eigenvalue weighted by atomic mass is 9.85. The van der Waals surface area contributed by atoms with E-state index in [1.807, 2.05) is 23.1 Å². The third-order valence-corrected chi connectivity index (χ3v) is 7.31. The molecule has 2 aromatic carbocycles. The number of nitrogens with one attached hydrogen (secondary N) is 2. The van der Waals surface area contributed by atoms with Crippen LogP contribution >= 0.6 is 11.6 Å². The van der Waals surface area contributed by atoms with Gasteiger partial charge in [0, 0.05) is 36.0 Å². The molecule has 0 aliphatic carbocycles. The van der Waals surface area contributed by atoms with Gasteiger partial charge in [-0.3, -0.25) is 0 Å². The maximum atomic E-state index is 14.2. The van der Waals surface area contributed by atoms with Crippen molar-refractivity contribution in [3.8, 4) is 11.4 Å². The molecule has 2 N–H and O–H groups in total. The van der Waals surface area contributed by atoms with Crippen LogP contribution in [0, 0.1) is 5.82 Å². The first kappa shape index (κ1) is 24.7. The lowest BCUT2D eigenvalue weighted by Gasteiger charge is -2.39. The van der Waals surface area contributed by atoms with Crippen molar-refractivity contribution in [1.82, 2.24) is 19.8 Å². The van der Waals surface area contributed by atoms with Gasteiger partial charge in [-0.1, -0.05) is 23.7 Å². The number of aliphatic imine (C=N–C) groups is 1. The van der Waals surface area contributed by atoms with Gasteiger partial charge < -0.3 is 29.6 Å². The number of hydrogen-bond acceptors (Lipinski definition) is 7. The molecule has 3 aliphatic rings. The molecule has 0 bridgehead atoms. The molecule has 1 aromatic heterocycles. The summed E-state index contributed by atoms with van der Waals surface area (Å²) in [6.45, 7) is 1.75. The van der Waals surface area contributed by atoms with E-state index in [-0.39, 0.29) is 17.8 Å². The van der Waals surface area contributed by atoms with Crippen LogP contribution in [-0.2, 0) is 4.74 Å². The smallest absolute Gasteiger partial charge is 0.202 e. The van der Waals surface area contributed by atoms with Crippen LogP contribution in [0.3, 0.4) is 0 Å². The summed E-state index contributed by atoms with van der Waals surface area (Å²) in [5, 5.41) is 7.15. The van der Waals surface area contributed by atoms with Crippen LogP contribution in [0.25, 0.3) is 5.69 Å². The standard InChI is InChI=1S/C27H27ClF2N6O2/c1-37-23-10-19(6-7-22(23)36-12-24(28)31-15-36)32-27-33-25-20(16-2-4-17(29)5-3-16)13-38-14-21(25)26(34-27)35-9-8-18(30)11-35/h2-7,10,12,15,18,20,25H,8-9,11,13-14H2,1H3,(H2,32,33,34)/t18-,20?,25?/m1/s1. The van der Waals surface area contributed by atoms with E-state index in [2.05, 4.69) is 15.6 Å². The molecular weight excluding hydrogens is 514 g/mol. The number of ether oxygens (including phenoxy) is 2. The lowest BCUT2D eigenvalue weighted by Crippen LogP contribution is -2.48. The topological polar surface area (TPSA) is 75.9 Å². The fourth-order valence-corrected chi connectivity index (χ4v) is 5.39. The summed E-state index contributed by atoms with van der Waals surface area (Å²) < 4.78 is 41.2. The number of aromatic nitrogens is 2. The highest BCUT2D eigenvalue weighted by Gasteiger charge is 2.38. The van der Waals surface area contributed by atoms with Crippen molar-refractivity contribution in [3.05, 3.63) is 82.9 Å². The predicted molar refractivity (Wildman–Crippen MR) is 141 cm³/mol. The predicted octanol–water partition coefficient (Wildman–Crippen LogP) is 4.48. The number of benzene rings is 2. The summed E-state index contributed by atoms with van der Waals surface area (Å²) in [4.78, 5) is 11.1. The highest BCUT2D eigenvalue weighted by atomic mass is 35.5. The number of methoxy groups -OCH3 is 1. The van der Waals surface area contributed by atoms with Crippen molar-refractivity contribution >= 4 is 23.2 Å². The highest BCUT2D eigenvalue weighted by molar-refractivity contribution is 6.29. The quantitative estimate of drug-likeness (QED) is 0.497. The van der Waals surface area contributed by atoms with Gasteiger partial charge in [-0.15, -0.1) is 0 Å². The summed E-state index contributed by atoms with van der Waals surface area (Å²) in [5.74, 6) is 1.56. The molecular formula is C27H27ClF2N6O2. The minimum absolute atomic E-state index is 0.111. The second kappa shape index (κ2) is 10.3. The van der Waals surface area contributed by atoms with Gasteiger partial charge >= 0.3 is 0 Å². The van der Waals surface area contributed by atoms with E-state index in [1.54, 1.807) is 36.3 Å². The fraction of sp³-hybridized carbons (Fsp3) is 0.333. The largest absolute Gasteiger partial charge is 0.494 e. The molecule has 3 atom stereocenters. The van der Waals surface area contributed by atoms with Gasteiger partial charge in [0.15, 0.2) is 0 Å². The third kappa shape index (κ3) is 4.81. The van der Waals surface area contributed by atoms with Crippen molar-refractivity contribution in [3.63, 3.8) is 0 Å². The van der Waals surface area contributed by atoms with Crippen molar-refractivity contribution in [2.75, 3.05) is 38.7 Å². The molecule has 3 aliphatic heterocycles. The van der Waals surface area contributed by atoms with Gasteiger partial charge in [0.1, 0.15) is 35.0 Å². The lowest BCUT2D eigenvalue weighted by molar-refractivity contribution is 0.0999. The number of fused-ring (bicyclic) bond motifs is 1. The van der Waals surface area contributed by atoms with Crippen LogP contribution in [0.15, 0.2) is 71.4 Å². The number of likely N-dealkylation sites (tertiary alicyclic amines) is 1. The number of anilines is 1. The second-order valence-electron chi connectivity index (χ2n) is 9.54. The van der Waals surface area contributed by atoms with Gasteiger partial charge in [-0.05, 0) is 36.2 Å². The van der Waals surface area contributed by atoms with Crippen LogP contribution in [-0.4, -0.2) is 66.0 Å². The van der Waals surface area contributed by atoms with Crippen LogP contribution < -0.4 is 15.4 Å². The number of guanidine groups is 1. The molecule has 8 nitrogen and oxygen atoms in total. The maximum Gasteiger partial charge on any atom is 0.202 e. The zero-order valence-corrected chi connectivity index (χ0v) is 21.5. The Hall–Kier alpha value is -3.63. The number of rotatable bonds is 5. The molecule has 6 rings (SSSR count). The molecule has 2 unspecified atom stereocenters. The fourth-order valence-electron chi connectivity index (χ4n) is 5.25. The molecule has 198 valence electrons. The molecule has 11 heteroatoms. The van der Waals surface area contributed by atoms with Gasteiger partial charge in [0.25, 0.3) is 0 Å². The van der Waals surface area contributed by atoms with Gasteiger partial charge in [-0.2, -0.15) is 0 Å². The molecule has 0 radical (unpaired) electrons. The van der Waals surface area contributed by atoms with Gasteiger partial charge in [-0.25, -0.2) is 18.8 Å². The first-order chi connectivity index (χ1) is 18.5. The number of halogens is 3. The van der Waals surface area contributed by atoms with E-state index in [0.29, 0.717) is 49.6 Å². The zero-order valence-electron chi connectivity index (χ0n) is 20.7. The van der Waals surface area contributed by atoms with Crippen LogP contribution in [0.1, 0.15) is 17.9 Å². The van der Waals surface area contributed by atoms with Crippen molar-refractivity contribution in [2.24, 2.45) is 4.99 Å². The number of alkyl halides is 1. The Morgan fingerprint density at radius 3 is 2.76 bits per heavy atom. The molecule has 0 saturated carbocycles. The van der Waals surface area contributed by atoms with Crippen LogP contribution in [0.4, 0.5) is 14.5 Å². The minimum Gasteiger partial charge on any atom is -0.494 e. The summed E-state index contributed by atoms with van der Waals surface area (Å²) in [7, 11) is 1.60. The Bertz CT molecular complexity index is 1390. The van der Waals surface area contributed by atoms with Crippen molar-refractivity contribution < 1.29 is 18.3 Å². The number of nitrogens with zero attached hydrogens (tertiary/aromatic N) is 4. The Kier molecular flexibility index (Phi) is 6.67. The van der Waals surface area contributed by atoms with E-state index < -0.39 is 6.17 Å². The molecule has 3 aromatic rings. The van der Waals surface area contributed by atoms with E-state index >= 15 is 0 Å². The van der Waals surface area contributed by atoms with Crippen LogP contribution in [0.2, 0.25) is 5.15 Å². The maximum absolute atomic E-state index is 14.2. The second-order valence-corrected chi connectivity index (χ2v) is 9.93. The number of hydrogen-bond donors (Lipinski definition) is 2. The molecule has 2 fully saturated rings. The summed E-state index contributed by atoms with van der Waals surface area (Å²) in [6, 6.07) is 11.9.